The van der Waals surface area contributed by atoms with E-state index in [1.807, 2.05) is 26.0 Å². The normalized spacial score (nSPS) is 9.56. The summed E-state index contributed by atoms with van der Waals surface area (Å²) in [5.41, 5.74) is 3.31. The maximum absolute atomic E-state index is 10.8. The van der Waals surface area contributed by atoms with Gasteiger partial charge in [-0.3, -0.25) is 4.79 Å². The molecule has 0 N–H and O–H groups in total. The fraction of sp³-hybridized carbons (Fsp3) is 0.400. The standard InChI is InChI=1S/C15H18O2S/c1-11-9-14(17-4)10-12(2)15(11)7-5-6-8-18-13(3)16/h9-10H,6,8H2,1-4H3. The molecule has 0 amide bonds. The van der Waals surface area contributed by atoms with E-state index in [9.17, 15) is 4.79 Å². The van der Waals surface area contributed by atoms with Crippen molar-refractivity contribution >= 4 is 16.9 Å². The highest BCUT2D eigenvalue weighted by Crippen LogP contribution is 2.20. The van der Waals surface area contributed by atoms with Crippen LogP contribution in [0.4, 0.5) is 0 Å². The number of methoxy groups -OCH3 is 1. The Balaban J connectivity index is 2.73. The minimum atomic E-state index is 0.147. The quantitative estimate of drug-likeness (QED) is 0.617. The third-order valence-corrected chi connectivity index (χ3v) is 3.30. The first-order chi connectivity index (χ1) is 8.54. The lowest BCUT2D eigenvalue weighted by Crippen LogP contribution is -1.91. The number of ether oxygens (including phenoxy) is 1. The molecule has 0 atom stereocenters. The Morgan fingerprint density at radius 2 is 1.94 bits per heavy atom. The van der Waals surface area contributed by atoms with Crippen molar-refractivity contribution in [3.8, 4) is 17.6 Å². The zero-order chi connectivity index (χ0) is 13.5. The Kier molecular flexibility index (Phi) is 5.80. The van der Waals surface area contributed by atoms with Gasteiger partial charge in [0.25, 0.3) is 0 Å². The second-order valence-corrected chi connectivity index (χ2v) is 5.30. The molecule has 2 nitrogen and oxygen atoms in total. The van der Waals surface area contributed by atoms with E-state index >= 15 is 0 Å². The van der Waals surface area contributed by atoms with Crippen LogP contribution in [0.5, 0.6) is 5.75 Å². The first-order valence-electron chi connectivity index (χ1n) is 5.82. The van der Waals surface area contributed by atoms with Crippen molar-refractivity contribution in [2.24, 2.45) is 0 Å². The largest absolute Gasteiger partial charge is 0.497 e. The molecule has 0 saturated carbocycles. The monoisotopic (exact) mass is 262 g/mol. The van der Waals surface area contributed by atoms with Crippen molar-refractivity contribution in [2.75, 3.05) is 12.9 Å². The Labute approximate surface area is 113 Å². The van der Waals surface area contributed by atoms with Crippen LogP contribution in [0.15, 0.2) is 12.1 Å². The van der Waals surface area contributed by atoms with Crippen LogP contribution in [0.25, 0.3) is 0 Å². The van der Waals surface area contributed by atoms with Crippen molar-refractivity contribution < 1.29 is 9.53 Å². The molecule has 0 spiro atoms. The second kappa shape index (κ2) is 7.13. The van der Waals surface area contributed by atoms with Crippen molar-refractivity contribution in [1.82, 2.24) is 0 Å². The Morgan fingerprint density at radius 1 is 1.33 bits per heavy atom. The molecule has 0 fully saturated rings. The zero-order valence-electron chi connectivity index (χ0n) is 11.3. The zero-order valence-corrected chi connectivity index (χ0v) is 12.1. The Morgan fingerprint density at radius 3 is 2.44 bits per heavy atom. The molecule has 0 unspecified atom stereocenters. The van der Waals surface area contributed by atoms with Crippen LogP contribution in [0, 0.1) is 25.7 Å². The molecule has 0 aliphatic rings. The van der Waals surface area contributed by atoms with Crippen molar-refractivity contribution in [3.05, 3.63) is 28.8 Å². The molecule has 1 aromatic carbocycles. The minimum absolute atomic E-state index is 0.147. The van der Waals surface area contributed by atoms with Gasteiger partial charge in [-0.1, -0.05) is 23.6 Å². The molecular formula is C15H18O2S. The highest BCUT2D eigenvalue weighted by Gasteiger charge is 2.02. The average molecular weight is 262 g/mol. The number of thioether (sulfide) groups is 1. The predicted octanol–water partition coefficient (Wildman–Crippen LogP) is 3.33. The molecule has 0 heterocycles. The molecule has 0 aromatic heterocycles. The van der Waals surface area contributed by atoms with Gasteiger partial charge in [0, 0.05) is 24.7 Å². The third-order valence-electron chi connectivity index (χ3n) is 2.49. The topological polar surface area (TPSA) is 26.3 Å². The fourth-order valence-electron chi connectivity index (χ4n) is 1.64. The summed E-state index contributed by atoms with van der Waals surface area (Å²) >= 11 is 1.32. The van der Waals surface area contributed by atoms with E-state index in [0.717, 1.165) is 34.6 Å². The molecule has 18 heavy (non-hydrogen) atoms. The first kappa shape index (κ1) is 14.7. The van der Waals surface area contributed by atoms with Gasteiger partial charge in [-0.15, -0.1) is 0 Å². The summed E-state index contributed by atoms with van der Waals surface area (Å²) in [4.78, 5) is 10.8. The predicted molar refractivity (Wildman–Crippen MR) is 77.1 cm³/mol. The fourth-order valence-corrected chi connectivity index (χ4v) is 2.13. The van der Waals surface area contributed by atoms with E-state index in [1.165, 1.54) is 11.8 Å². The van der Waals surface area contributed by atoms with Crippen LogP contribution < -0.4 is 4.74 Å². The molecule has 0 aliphatic heterocycles. The van der Waals surface area contributed by atoms with Gasteiger partial charge in [0.05, 0.1) is 7.11 Å². The highest BCUT2D eigenvalue weighted by molar-refractivity contribution is 8.13. The molecule has 1 aromatic rings. The van der Waals surface area contributed by atoms with Gasteiger partial charge in [0.1, 0.15) is 5.75 Å². The van der Waals surface area contributed by atoms with E-state index in [4.69, 9.17) is 4.74 Å². The van der Waals surface area contributed by atoms with E-state index < -0.39 is 0 Å². The maximum Gasteiger partial charge on any atom is 0.185 e. The van der Waals surface area contributed by atoms with Crippen LogP contribution in [0.1, 0.15) is 30.0 Å². The van der Waals surface area contributed by atoms with Crippen LogP contribution in [-0.2, 0) is 4.79 Å². The number of aryl methyl sites for hydroxylation is 2. The lowest BCUT2D eigenvalue weighted by molar-refractivity contribution is -0.109. The summed E-state index contributed by atoms with van der Waals surface area (Å²) < 4.78 is 5.21. The van der Waals surface area contributed by atoms with E-state index in [0.29, 0.717) is 0 Å². The number of benzene rings is 1. The molecule has 0 radical (unpaired) electrons. The summed E-state index contributed by atoms with van der Waals surface area (Å²) in [6.45, 7) is 5.64. The van der Waals surface area contributed by atoms with Gasteiger partial charge >= 0.3 is 0 Å². The SMILES string of the molecule is COc1cc(C)c(C#CCCSC(C)=O)c(C)c1. The number of rotatable bonds is 3. The number of hydrogen-bond donors (Lipinski definition) is 0. The van der Waals surface area contributed by atoms with Gasteiger partial charge in [-0.05, 0) is 37.1 Å². The average Bonchev–Trinajstić information content (AvgIpc) is 2.31. The lowest BCUT2D eigenvalue weighted by Gasteiger charge is -2.06. The van der Waals surface area contributed by atoms with Crippen LogP contribution in [-0.4, -0.2) is 18.0 Å². The Bertz CT molecular complexity index is 472. The summed E-state index contributed by atoms with van der Waals surface area (Å²) in [5.74, 6) is 7.91. The van der Waals surface area contributed by atoms with Gasteiger partial charge in [0.2, 0.25) is 0 Å². The van der Waals surface area contributed by atoms with Crippen molar-refractivity contribution in [3.63, 3.8) is 0 Å². The van der Waals surface area contributed by atoms with Crippen LogP contribution in [0.3, 0.4) is 0 Å². The van der Waals surface area contributed by atoms with Gasteiger partial charge in [0.15, 0.2) is 5.12 Å². The van der Waals surface area contributed by atoms with E-state index in [-0.39, 0.29) is 5.12 Å². The smallest absolute Gasteiger partial charge is 0.185 e. The lowest BCUT2D eigenvalue weighted by atomic mass is 10.0. The van der Waals surface area contributed by atoms with Crippen molar-refractivity contribution in [2.45, 2.75) is 27.2 Å². The maximum atomic E-state index is 10.8. The third kappa shape index (κ3) is 4.46. The molecule has 1 rings (SSSR count). The van der Waals surface area contributed by atoms with Gasteiger partial charge in [-0.25, -0.2) is 0 Å². The molecule has 0 saturated heterocycles. The van der Waals surface area contributed by atoms with E-state index in [1.54, 1.807) is 14.0 Å². The molecule has 0 bridgehead atoms. The number of carbonyl (C=O) groups excluding carboxylic acids is 1. The number of hydrogen-bond acceptors (Lipinski definition) is 3. The molecule has 3 heteroatoms. The summed E-state index contributed by atoms with van der Waals surface area (Å²) in [6, 6.07) is 3.97. The van der Waals surface area contributed by atoms with Crippen LogP contribution in [0.2, 0.25) is 0 Å². The van der Waals surface area contributed by atoms with Gasteiger partial charge in [-0.2, -0.15) is 0 Å². The molecular weight excluding hydrogens is 244 g/mol. The van der Waals surface area contributed by atoms with Crippen molar-refractivity contribution in [1.29, 1.82) is 0 Å². The van der Waals surface area contributed by atoms with Crippen LogP contribution >= 0.6 is 11.8 Å². The van der Waals surface area contributed by atoms with Gasteiger partial charge < -0.3 is 4.74 Å². The van der Waals surface area contributed by atoms with E-state index in [2.05, 4.69) is 11.8 Å². The minimum Gasteiger partial charge on any atom is -0.497 e. The number of carbonyl (C=O) groups is 1. The summed E-state index contributed by atoms with van der Waals surface area (Å²) in [6.07, 6.45) is 0.731. The second-order valence-electron chi connectivity index (χ2n) is 4.03. The molecule has 0 aliphatic carbocycles. The highest BCUT2D eigenvalue weighted by atomic mass is 32.2. The summed E-state index contributed by atoms with van der Waals surface area (Å²) in [7, 11) is 1.67. The first-order valence-corrected chi connectivity index (χ1v) is 6.80. The summed E-state index contributed by atoms with van der Waals surface area (Å²) in [5, 5.41) is 0.147. The molecule has 96 valence electrons. The Hall–Kier alpha value is -1.40.